The van der Waals surface area contributed by atoms with Crippen molar-refractivity contribution in [1.82, 2.24) is 0 Å². The van der Waals surface area contributed by atoms with Crippen LogP contribution in [0, 0.1) is 0 Å². The molecule has 0 bridgehead atoms. The van der Waals surface area contributed by atoms with Crippen molar-refractivity contribution >= 4 is 17.9 Å². The molecule has 0 saturated heterocycles. The van der Waals surface area contributed by atoms with E-state index in [1.807, 2.05) is 0 Å². The number of rotatable bonds is 43. The molecule has 0 rings (SSSR count). The topological polar surface area (TPSA) is 78.9 Å². The van der Waals surface area contributed by atoms with E-state index in [0.29, 0.717) is 19.3 Å². The third-order valence-corrected chi connectivity index (χ3v) is 10.3. The number of unbranched alkanes of at least 4 members (excludes halogenated alkanes) is 24. The van der Waals surface area contributed by atoms with Crippen LogP contribution in [0.3, 0.4) is 0 Å². The van der Waals surface area contributed by atoms with Crippen molar-refractivity contribution < 1.29 is 28.6 Å². The molecule has 0 aliphatic heterocycles. The van der Waals surface area contributed by atoms with Gasteiger partial charge in [-0.2, -0.15) is 0 Å². The van der Waals surface area contributed by atoms with Crippen LogP contribution in [0.4, 0.5) is 0 Å². The lowest BCUT2D eigenvalue weighted by Crippen LogP contribution is -2.30. The van der Waals surface area contributed by atoms with E-state index in [4.69, 9.17) is 14.2 Å². The van der Waals surface area contributed by atoms with Crippen LogP contribution in [-0.4, -0.2) is 37.2 Å². The largest absolute Gasteiger partial charge is 0.462 e. The van der Waals surface area contributed by atoms with Crippen molar-refractivity contribution in [3.63, 3.8) is 0 Å². The van der Waals surface area contributed by atoms with Crippen molar-refractivity contribution in [2.24, 2.45) is 0 Å². The first-order chi connectivity index (χ1) is 28.0. The van der Waals surface area contributed by atoms with Gasteiger partial charge in [0.1, 0.15) is 13.2 Å². The Labute approximate surface area is 352 Å². The Morgan fingerprint density at radius 3 is 1.04 bits per heavy atom. The fraction of sp³-hybridized carbons (Fsp3) is 0.784. The lowest BCUT2D eigenvalue weighted by atomic mass is 10.1. The second kappa shape index (κ2) is 46.1. The minimum Gasteiger partial charge on any atom is -0.462 e. The summed E-state index contributed by atoms with van der Waals surface area (Å²) < 4.78 is 16.7. The minimum atomic E-state index is -0.780. The van der Waals surface area contributed by atoms with Crippen molar-refractivity contribution in [2.75, 3.05) is 13.2 Å². The molecule has 0 radical (unpaired) electrons. The Morgan fingerprint density at radius 1 is 0.351 bits per heavy atom. The molecule has 0 fully saturated rings. The zero-order chi connectivity index (χ0) is 41.5. The van der Waals surface area contributed by atoms with Crippen LogP contribution in [0.5, 0.6) is 0 Å². The molecular formula is C51H90O6. The van der Waals surface area contributed by atoms with Gasteiger partial charge in [-0.3, -0.25) is 14.4 Å². The van der Waals surface area contributed by atoms with E-state index in [2.05, 4.69) is 69.4 Å². The summed E-state index contributed by atoms with van der Waals surface area (Å²) in [4.78, 5) is 37.8. The van der Waals surface area contributed by atoms with Gasteiger partial charge in [-0.05, 0) is 89.9 Å². The summed E-state index contributed by atoms with van der Waals surface area (Å²) >= 11 is 0. The zero-order valence-electron chi connectivity index (χ0n) is 37.6. The van der Waals surface area contributed by atoms with Gasteiger partial charge in [-0.15, -0.1) is 0 Å². The van der Waals surface area contributed by atoms with Gasteiger partial charge >= 0.3 is 17.9 Å². The summed E-state index contributed by atoms with van der Waals surface area (Å²) in [5.41, 5.74) is 0. The second-order valence-electron chi connectivity index (χ2n) is 16.0. The summed E-state index contributed by atoms with van der Waals surface area (Å²) in [5, 5.41) is 0. The van der Waals surface area contributed by atoms with Gasteiger partial charge in [-0.25, -0.2) is 0 Å². The molecule has 57 heavy (non-hydrogen) atoms. The van der Waals surface area contributed by atoms with Gasteiger partial charge < -0.3 is 14.2 Å². The summed E-state index contributed by atoms with van der Waals surface area (Å²) in [5.74, 6) is -0.909. The van der Waals surface area contributed by atoms with Gasteiger partial charge in [0.15, 0.2) is 6.10 Å². The molecule has 1 atom stereocenters. The summed E-state index contributed by atoms with van der Waals surface area (Å²) in [6.45, 7) is 6.51. The van der Waals surface area contributed by atoms with Gasteiger partial charge in [0.25, 0.3) is 0 Å². The van der Waals surface area contributed by atoms with Gasteiger partial charge in [0.2, 0.25) is 0 Å². The number of carbonyl (C=O) groups excluding carboxylic acids is 3. The van der Waals surface area contributed by atoms with Crippen molar-refractivity contribution in [2.45, 2.75) is 245 Å². The highest BCUT2D eigenvalue weighted by molar-refractivity contribution is 5.71. The van der Waals surface area contributed by atoms with E-state index in [0.717, 1.165) is 89.9 Å². The highest BCUT2D eigenvalue weighted by Crippen LogP contribution is 2.14. The number of carbonyl (C=O) groups is 3. The molecule has 0 aromatic carbocycles. The standard InChI is InChI=1S/C51H90O6/c1-4-7-10-13-16-19-22-23-24-25-26-27-30-32-35-38-41-44-50(53)56-47-48(57-51(54)45-42-39-36-33-29-21-18-15-12-9-6-3)46-55-49(52)43-40-37-34-31-28-20-17-14-11-8-5-2/h14-19,23-24,48H,4-13,20-22,25-47H2,1-3H3/b17-14-,18-15-,19-16-,24-23-. The van der Waals surface area contributed by atoms with Crippen LogP contribution in [0.2, 0.25) is 0 Å². The van der Waals surface area contributed by atoms with Crippen LogP contribution in [0.25, 0.3) is 0 Å². The third kappa shape index (κ3) is 44.3. The molecule has 1 unspecified atom stereocenters. The quantitative estimate of drug-likeness (QED) is 0.0265. The number of allylic oxidation sites excluding steroid dienone is 8. The number of hydrogen-bond donors (Lipinski definition) is 0. The van der Waals surface area contributed by atoms with E-state index in [1.54, 1.807) is 0 Å². The van der Waals surface area contributed by atoms with E-state index < -0.39 is 6.10 Å². The fourth-order valence-electron chi connectivity index (χ4n) is 6.55. The Hall–Kier alpha value is -2.63. The maximum atomic E-state index is 12.7. The van der Waals surface area contributed by atoms with Crippen molar-refractivity contribution in [3.8, 4) is 0 Å². The molecule has 0 aromatic heterocycles. The first-order valence-electron chi connectivity index (χ1n) is 24.1. The fourth-order valence-corrected chi connectivity index (χ4v) is 6.55. The van der Waals surface area contributed by atoms with Gasteiger partial charge in [0.05, 0.1) is 0 Å². The van der Waals surface area contributed by atoms with Crippen LogP contribution in [-0.2, 0) is 28.6 Å². The Morgan fingerprint density at radius 2 is 0.649 bits per heavy atom. The number of ether oxygens (including phenoxy) is 3. The lowest BCUT2D eigenvalue weighted by Gasteiger charge is -2.18. The normalized spacial score (nSPS) is 12.4. The van der Waals surface area contributed by atoms with Gasteiger partial charge in [-0.1, -0.05) is 179 Å². The third-order valence-electron chi connectivity index (χ3n) is 10.3. The SMILES string of the molecule is CCCC/C=C\CCCCCCCC(=O)OCC(COC(=O)CCCCCCCCC/C=C\C/C=C\CCCCC)OC(=O)CCCCCCC/C=C\CCCC. The molecular weight excluding hydrogens is 709 g/mol. The molecule has 330 valence electrons. The first-order valence-corrected chi connectivity index (χ1v) is 24.1. The molecule has 0 aliphatic rings. The van der Waals surface area contributed by atoms with Crippen LogP contribution < -0.4 is 0 Å². The Bertz CT molecular complexity index is 1010. The van der Waals surface area contributed by atoms with Crippen molar-refractivity contribution in [3.05, 3.63) is 48.6 Å². The van der Waals surface area contributed by atoms with Crippen LogP contribution >= 0.6 is 0 Å². The Balaban J connectivity index is 4.36. The Kier molecular flexibility index (Phi) is 43.9. The molecule has 6 heteroatoms. The molecule has 0 saturated carbocycles. The maximum Gasteiger partial charge on any atom is 0.306 e. The average Bonchev–Trinajstić information content (AvgIpc) is 3.21. The average molecular weight is 799 g/mol. The zero-order valence-corrected chi connectivity index (χ0v) is 37.6. The summed E-state index contributed by atoms with van der Waals surface area (Å²) in [6, 6.07) is 0. The maximum absolute atomic E-state index is 12.7. The number of hydrogen-bond acceptors (Lipinski definition) is 6. The van der Waals surface area contributed by atoms with Crippen LogP contribution in [0.1, 0.15) is 239 Å². The molecule has 6 nitrogen and oxygen atoms in total. The van der Waals surface area contributed by atoms with E-state index in [9.17, 15) is 14.4 Å². The molecule has 0 aromatic rings. The minimum absolute atomic E-state index is 0.0831. The summed E-state index contributed by atoms with van der Waals surface area (Å²) in [7, 11) is 0. The first kappa shape index (κ1) is 54.4. The molecule has 0 aliphatic carbocycles. The van der Waals surface area contributed by atoms with Gasteiger partial charge in [0, 0.05) is 19.3 Å². The van der Waals surface area contributed by atoms with E-state index in [1.165, 1.54) is 109 Å². The predicted octanol–water partition coefficient (Wildman–Crippen LogP) is 15.5. The molecule has 0 N–H and O–H groups in total. The summed E-state index contributed by atoms with van der Waals surface area (Å²) in [6.07, 6.45) is 53.7. The monoisotopic (exact) mass is 799 g/mol. The smallest absolute Gasteiger partial charge is 0.306 e. The second-order valence-corrected chi connectivity index (χ2v) is 16.0. The molecule has 0 heterocycles. The van der Waals surface area contributed by atoms with Crippen LogP contribution in [0.15, 0.2) is 48.6 Å². The molecule has 0 spiro atoms. The lowest BCUT2D eigenvalue weighted by molar-refractivity contribution is -0.167. The van der Waals surface area contributed by atoms with Crippen molar-refractivity contribution in [1.29, 1.82) is 0 Å². The van der Waals surface area contributed by atoms with E-state index >= 15 is 0 Å². The predicted molar refractivity (Wildman–Crippen MR) is 242 cm³/mol. The number of esters is 3. The highest BCUT2D eigenvalue weighted by atomic mass is 16.6. The van der Waals surface area contributed by atoms with E-state index in [-0.39, 0.29) is 31.1 Å². The molecule has 0 amide bonds. The highest BCUT2D eigenvalue weighted by Gasteiger charge is 2.19.